The largest absolute Gasteiger partial charge is 0.465 e. The van der Waals surface area contributed by atoms with Crippen molar-refractivity contribution in [3.8, 4) is 11.1 Å². The highest BCUT2D eigenvalue weighted by Gasteiger charge is 2.36. The number of thiophene rings is 1. The maximum absolute atomic E-state index is 13.4. The van der Waals surface area contributed by atoms with Gasteiger partial charge in [0.05, 0.1) is 23.3 Å². The average Bonchev–Trinajstić information content (AvgIpc) is 3.19. The Balaban J connectivity index is 1.49. The maximum atomic E-state index is 13.4. The monoisotopic (exact) mass is 482 g/mol. The second kappa shape index (κ2) is 8.31. The number of hydrogen-bond acceptors (Lipinski definition) is 6. The molecule has 0 unspecified atom stereocenters. The molecule has 33 heavy (non-hydrogen) atoms. The van der Waals surface area contributed by atoms with Crippen LogP contribution in [0.2, 0.25) is 0 Å². The lowest BCUT2D eigenvalue weighted by Crippen LogP contribution is -2.40. The Morgan fingerprint density at radius 1 is 1.03 bits per heavy atom. The number of esters is 1. The Bertz CT molecular complexity index is 1380. The fourth-order valence-corrected chi connectivity index (χ4v) is 7.46. The SMILES string of the molecule is COC(=O)c1c(NC(=O)CN2c3ccccc3-c3ccccc3S2(=O)=O)sc2c1CCCC2. The van der Waals surface area contributed by atoms with Gasteiger partial charge in [0, 0.05) is 16.0 Å². The van der Waals surface area contributed by atoms with Crippen molar-refractivity contribution in [2.45, 2.75) is 30.6 Å². The number of anilines is 2. The van der Waals surface area contributed by atoms with Crippen LogP contribution < -0.4 is 9.62 Å². The van der Waals surface area contributed by atoms with Crippen molar-refractivity contribution in [2.75, 3.05) is 23.3 Å². The lowest BCUT2D eigenvalue weighted by Gasteiger charge is -2.31. The Hall–Kier alpha value is -3.17. The summed E-state index contributed by atoms with van der Waals surface area (Å²) in [4.78, 5) is 26.8. The van der Waals surface area contributed by atoms with Gasteiger partial charge in [0.15, 0.2) is 0 Å². The quantitative estimate of drug-likeness (QED) is 0.562. The van der Waals surface area contributed by atoms with Gasteiger partial charge in [0.2, 0.25) is 5.91 Å². The molecule has 2 heterocycles. The van der Waals surface area contributed by atoms with Crippen LogP contribution in [0.3, 0.4) is 0 Å². The van der Waals surface area contributed by atoms with E-state index in [1.165, 1.54) is 18.4 Å². The van der Waals surface area contributed by atoms with Gasteiger partial charge < -0.3 is 10.1 Å². The van der Waals surface area contributed by atoms with E-state index in [9.17, 15) is 18.0 Å². The van der Waals surface area contributed by atoms with E-state index in [0.717, 1.165) is 46.0 Å². The molecule has 170 valence electrons. The summed E-state index contributed by atoms with van der Waals surface area (Å²) in [5, 5.41) is 3.21. The van der Waals surface area contributed by atoms with Crippen molar-refractivity contribution < 1.29 is 22.7 Å². The maximum Gasteiger partial charge on any atom is 0.341 e. The van der Waals surface area contributed by atoms with E-state index in [0.29, 0.717) is 21.8 Å². The summed E-state index contributed by atoms with van der Waals surface area (Å²) >= 11 is 1.37. The number of rotatable bonds is 4. The zero-order chi connectivity index (χ0) is 23.2. The van der Waals surface area contributed by atoms with Gasteiger partial charge in [-0.2, -0.15) is 0 Å². The second-order valence-electron chi connectivity index (χ2n) is 7.98. The summed E-state index contributed by atoms with van der Waals surface area (Å²) in [5.74, 6) is -1.01. The second-order valence-corrected chi connectivity index (χ2v) is 10.9. The van der Waals surface area contributed by atoms with Crippen LogP contribution in [0.15, 0.2) is 53.4 Å². The van der Waals surface area contributed by atoms with Crippen LogP contribution >= 0.6 is 11.3 Å². The fourth-order valence-electron chi connectivity index (χ4n) is 4.52. The highest BCUT2D eigenvalue weighted by molar-refractivity contribution is 7.93. The third-order valence-electron chi connectivity index (χ3n) is 6.02. The number of methoxy groups -OCH3 is 1. The smallest absolute Gasteiger partial charge is 0.341 e. The van der Waals surface area contributed by atoms with E-state index >= 15 is 0 Å². The van der Waals surface area contributed by atoms with Crippen LogP contribution in [0.1, 0.15) is 33.6 Å². The number of amides is 1. The molecule has 0 radical (unpaired) electrons. The number of fused-ring (bicyclic) bond motifs is 4. The lowest BCUT2D eigenvalue weighted by molar-refractivity contribution is -0.114. The van der Waals surface area contributed by atoms with E-state index in [4.69, 9.17) is 4.74 Å². The molecule has 7 nitrogen and oxygen atoms in total. The lowest BCUT2D eigenvalue weighted by atomic mass is 9.95. The number of sulfonamides is 1. The Labute approximate surface area is 196 Å². The van der Waals surface area contributed by atoms with Crippen molar-refractivity contribution in [2.24, 2.45) is 0 Å². The number of benzene rings is 2. The minimum atomic E-state index is -3.93. The molecule has 0 saturated carbocycles. The number of ether oxygens (including phenoxy) is 1. The molecular formula is C24H22N2O5S2. The highest BCUT2D eigenvalue weighted by Crippen LogP contribution is 2.43. The molecular weight excluding hydrogens is 460 g/mol. The van der Waals surface area contributed by atoms with Gasteiger partial charge in [-0.1, -0.05) is 36.4 Å². The first-order chi connectivity index (χ1) is 15.9. The number of nitrogens with one attached hydrogen (secondary N) is 1. The number of carbonyl (C=O) groups is 2. The molecule has 0 spiro atoms. The molecule has 1 amide bonds. The number of aryl methyl sites for hydroxylation is 1. The average molecular weight is 483 g/mol. The standard InChI is InChI=1S/C24H22N2O5S2/c1-31-24(28)22-17-10-3-6-12-19(17)32-23(22)25-21(27)14-26-18-11-5-2-8-15(18)16-9-4-7-13-20(16)33(26,29)30/h2,4-5,7-9,11,13H,3,6,10,12,14H2,1H3,(H,25,27). The van der Waals surface area contributed by atoms with Gasteiger partial charge in [-0.3, -0.25) is 9.10 Å². The molecule has 1 N–H and O–H groups in total. The Kier molecular flexibility index (Phi) is 5.46. The number of para-hydroxylation sites is 1. The molecule has 9 heteroatoms. The van der Waals surface area contributed by atoms with Crippen LogP contribution in [-0.2, 0) is 32.4 Å². The van der Waals surface area contributed by atoms with Crippen molar-refractivity contribution in [1.82, 2.24) is 0 Å². The van der Waals surface area contributed by atoms with E-state index in [1.807, 2.05) is 12.1 Å². The van der Waals surface area contributed by atoms with Crippen molar-refractivity contribution in [1.29, 1.82) is 0 Å². The topological polar surface area (TPSA) is 92.8 Å². The Morgan fingerprint density at radius 2 is 1.73 bits per heavy atom. The predicted molar refractivity (Wildman–Crippen MR) is 127 cm³/mol. The van der Waals surface area contributed by atoms with Crippen LogP contribution in [0.4, 0.5) is 10.7 Å². The zero-order valence-electron chi connectivity index (χ0n) is 18.0. The number of hydrogen-bond donors (Lipinski definition) is 1. The van der Waals surface area contributed by atoms with Crippen LogP contribution in [0.5, 0.6) is 0 Å². The van der Waals surface area contributed by atoms with E-state index in [1.54, 1.807) is 36.4 Å². The number of nitrogens with zero attached hydrogens (tertiary/aromatic N) is 1. The highest BCUT2D eigenvalue weighted by atomic mass is 32.2. The van der Waals surface area contributed by atoms with Gasteiger partial charge in [-0.05, 0) is 43.4 Å². The molecule has 3 aromatic rings. The summed E-state index contributed by atoms with van der Waals surface area (Å²) in [7, 11) is -2.62. The summed E-state index contributed by atoms with van der Waals surface area (Å²) in [6.45, 7) is -0.406. The van der Waals surface area contributed by atoms with Gasteiger partial charge in [-0.25, -0.2) is 13.2 Å². The summed E-state index contributed by atoms with van der Waals surface area (Å²) in [5.41, 5.74) is 3.13. The Morgan fingerprint density at radius 3 is 2.52 bits per heavy atom. The fraction of sp³-hybridized carbons (Fsp3) is 0.250. The molecule has 0 saturated heterocycles. The predicted octanol–water partition coefficient (Wildman–Crippen LogP) is 4.23. The first-order valence-corrected chi connectivity index (χ1v) is 12.9. The van der Waals surface area contributed by atoms with E-state index in [-0.39, 0.29) is 4.90 Å². The normalized spacial score (nSPS) is 15.7. The van der Waals surface area contributed by atoms with E-state index in [2.05, 4.69) is 5.32 Å². The molecule has 1 aliphatic carbocycles. The van der Waals surface area contributed by atoms with Gasteiger partial charge in [0.25, 0.3) is 10.0 Å². The van der Waals surface area contributed by atoms with Crippen molar-refractivity contribution in [3.63, 3.8) is 0 Å². The van der Waals surface area contributed by atoms with Crippen molar-refractivity contribution >= 4 is 43.9 Å². The minimum Gasteiger partial charge on any atom is -0.465 e. The summed E-state index contributed by atoms with van der Waals surface area (Å²) < 4.78 is 32.9. The number of carbonyl (C=O) groups excluding carboxylic acids is 2. The van der Waals surface area contributed by atoms with Crippen LogP contribution in [0.25, 0.3) is 11.1 Å². The molecule has 5 rings (SSSR count). The first-order valence-electron chi connectivity index (χ1n) is 10.7. The van der Waals surface area contributed by atoms with Gasteiger partial charge >= 0.3 is 5.97 Å². The van der Waals surface area contributed by atoms with Crippen molar-refractivity contribution in [3.05, 3.63) is 64.5 Å². The molecule has 0 fully saturated rings. The zero-order valence-corrected chi connectivity index (χ0v) is 19.6. The third-order valence-corrected chi connectivity index (χ3v) is 9.04. The molecule has 2 aromatic carbocycles. The molecule has 1 aliphatic heterocycles. The van der Waals surface area contributed by atoms with Crippen LogP contribution in [0, 0.1) is 0 Å². The van der Waals surface area contributed by atoms with Gasteiger partial charge in [0.1, 0.15) is 11.5 Å². The third kappa shape index (κ3) is 3.61. The molecule has 1 aromatic heterocycles. The molecule has 2 aliphatic rings. The summed E-state index contributed by atoms with van der Waals surface area (Å²) in [6, 6.07) is 13.9. The van der Waals surface area contributed by atoms with E-state index < -0.39 is 28.4 Å². The molecule has 0 atom stereocenters. The van der Waals surface area contributed by atoms with Gasteiger partial charge in [-0.15, -0.1) is 11.3 Å². The molecule has 0 bridgehead atoms. The first kappa shape index (κ1) is 21.7. The van der Waals surface area contributed by atoms with Crippen LogP contribution in [-0.4, -0.2) is 33.9 Å². The minimum absolute atomic E-state index is 0.165. The summed E-state index contributed by atoms with van der Waals surface area (Å²) in [6.07, 6.45) is 3.62.